The summed E-state index contributed by atoms with van der Waals surface area (Å²) in [5.41, 5.74) is 2.26. The van der Waals surface area contributed by atoms with Crippen LogP contribution in [0.15, 0.2) is 39.1 Å². The van der Waals surface area contributed by atoms with E-state index in [-0.39, 0.29) is 16.8 Å². The van der Waals surface area contributed by atoms with Crippen molar-refractivity contribution in [2.24, 2.45) is 0 Å². The summed E-state index contributed by atoms with van der Waals surface area (Å²) in [5, 5.41) is 6.08. The Morgan fingerprint density at radius 2 is 2.12 bits per heavy atom. The Morgan fingerprint density at radius 1 is 1.23 bits per heavy atom. The quantitative estimate of drug-likeness (QED) is 0.636. The molecule has 4 rings (SSSR count). The Kier molecular flexibility index (Phi) is 5.11. The number of hydrogen-bond donors (Lipinski definition) is 0. The molecular formula is C19H20N2O2S3. The van der Waals surface area contributed by atoms with E-state index in [0.717, 1.165) is 18.7 Å². The van der Waals surface area contributed by atoms with E-state index < -0.39 is 0 Å². The maximum atomic E-state index is 13.0. The monoisotopic (exact) mass is 404 g/mol. The molecule has 0 N–H and O–H groups in total. The largest absolute Gasteiger partial charge is 0.330 e. The Hall–Kier alpha value is -1.70. The van der Waals surface area contributed by atoms with E-state index in [1.54, 1.807) is 27.2 Å². The summed E-state index contributed by atoms with van der Waals surface area (Å²) in [7, 11) is 0. The molecule has 3 aromatic heterocycles. The average Bonchev–Trinajstić information content (AvgIpc) is 3.37. The molecule has 0 bridgehead atoms. The molecule has 1 atom stereocenters. The molecule has 1 amide bonds. The van der Waals surface area contributed by atoms with Crippen molar-refractivity contribution in [3.05, 3.63) is 65.0 Å². The highest BCUT2D eigenvalue weighted by Crippen LogP contribution is 2.39. The third-order valence-electron chi connectivity index (χ3n) is 4.85. The first-order valence-electron chi connectivity index (χ1n) is 8.69. The Bertz CT molecular complexity index is 952. The van der Waals surface area contributed by atoms with E-state index in [1.165, 1.54) is 26.7 Å². The smallest absolute Gasteiger partial charge is 0.307 e. The summed E-state index contributed by atoms with van der Waals surface area (Å²) in [4.78, 5) is 29.5. The van der Waals surface area contributed by atoms with Gasteiger partial charge in [0.1, 0.15) is 0 Å². The second kappa shape index (κ2) is 7.50. The third-order valence-corrected chi connectivity index (χ3v) is 7.65. The molecule has 0 radical (unpaired) electrons. The van der Waals surface area contributed by atoms with Gasteiger partial charge in [0.2, 0.25) is 5.91 Å². The minimum atomic E-state index is 0.0445. The van der Waals surface area contributed by atoms with Gasteiger partial charge in [-0.05, 0) is 48.2 Å². The number of amides is 1. The van der Waals surface area contributed by atoms with Gasteiger partial charge in [0, 0.05) is 40.3 Å². The molecule has 1 aliphatic heterocycles. The van der Waals surface area contributed by atoms with Crippen LogP contribution in [-0.2, 0) is 17.8 Å². The first-order chi connectivity index (χ1) is 12.6. The molecule has 0 aromatic carbocycles. The minimum Gasteiger partial charge on any atom is -0.330 e. The average molecular weight is 405 g/mol. The maximum absolute atomic E-state index is 13.0. The van der Waals surface area contributed by atoms with Crippen molar-refractivity contribution in [2.75, 3.05) is 6.54 Å². The zero-order valence-corrected chi connectivity index (χ0v) is 17.0. The molecule has 0 spiro atoms. The second-order valence-electron chi connectivity index (χ2n) is 6.45. The molecule has 0 saturated carbocycles. The van der Waals surface area contributed by atoms with E-state index >= 15 is 0 Å². The minimum absolute atomic E-state index is 0.0445. The van der Waals surface area contributed by atoms with Crippen LogP contribution in [-0.4, -0.2) is 21.9 Å². The van der Waals surface area contributed by atoms with Gasteiger partial charge in [-0.25, -0.2) is 0 Å². The summed E-state index contributed by atoms with van der Waals surface area (Å²) in [6.45, 7) is 3.32. The number of aromatic nitrogens is 1. The van der Waals surface area contributed by atoms with Crippen LogP contribution in [0.5, 0.6) is 0 Å². The first-order valence-corrected chi connectivity index (χ1v) is 11.3. The SMILES string of the molecule is Cc1csc(=O)n1CCCC(=O)N1CCc2sccc2[C@@H]1c1cccs1. The van der Waals surface area contributed by atoms with Crippen molar-refractivity contribution in [1.82, 2.24) is 9.47 Å². The van der Waals surface area contributed by atoms with Crippen LogP contribution in [0.2, 0.25) is 0 Å². The number of aryl methyl sites for hydroxylation is 1. The van der Waals surface area contributed by atoms with Crippen molar-refractivity contribution in [3.8, 4) is 0 Å². The predicted molar refractivity (Wildman–Crippen MR) is 108 cm³/mol. The fourth-order valence-corrected chi connectivity index (χ4v) is 6.06. The molecule has 3 aromatic rings. The van der Waals surface area contributed by atoms with Gasteiger partial charge in [0.05, 0.1) is 6.04 Å². The van der Waals surface area contributed by atoms with E-state index in [1.807, 2.05) is 17.2 Å². The molecule has 1 aliphatic rings. The van der Waals surface area contributed by atoms with Gasteiger partial charge in [-0.1, -0.05) is 17.4 Å². The summed E-state index contributed by atoms with van der Waals surface area (Å²) in [6, 6.07) is 6.38. The number of thiophene rings is 2. The molecule has 0 fully saturated rings. The van der Waals surface area contributed by atoms with Crippen LogP contribution in [0, 0.1) is 6.92 Å². The lowest BCUT2D eigenvalue weighted by Crippen LogP contribution is -2.39. The summed E-state index contributed by atoms with van der Waals surface area (Å²) < 4.78 is 1.77. The molecule has 0 saturated heterocycles. The third kappa shape index (κ3) is 3.31. The molecule has 26 heavy (non-hydrogen) atoms. The lowest BCUT2D eigenvalue weighted by atomic mass is 9.98. The molecular weight excluding hydrogens is 384 g/mol. The molecule has 0 aliphatic carbocycles. The van der Waals surface area contributed by atoms with Crippen molar-refractivity contribution in [2.45, 2.75) is 38.8 Å². The van der Waals surface area contributed by atoms with Crippen LogP contribution in [0.3, 0.4) is 0 Å². The van der Waals surface area contributed by atoms with Crippen LogP contribution in [0.25, 0.3) is 0 Å². The van der Waals surface area contributed by atoms with Crippen molar-refractivity contribution in [3.63, 3.8) is 0 Å². The van der Waals surface area contributed by atoms with Crippen LogP contribution in [0.4, 0.5) is 0 Å². The van der Waals surface area contributed by atoms with Gasteiger partial charge in [-0.2, -0.15) is 0 Å². The lowest BCUT2D eigenvalue weighted by molar-refractivity contribution is -0.133. The van der Waals surface area contributed by atoms with Crippen molar-refractivity contribution < 1.29 is 4.79 Å². The second-order valence-corrected chi connectivity index (χ2v) is 9.25. The van der Waals surface area contributed by atoms with Crippen LogP contribution in [0.1, 0.15) is 39.9 Å². The summed E-state index contributed by atoms with van der Waals surface area (Å²) in [5.74, 6) is 0.182. The Labute approximate surface area is 164 Å². The molecule has 7 heteroatoms. The van der Waals surface area contributed by atoms with Gasteiger partial charge in [-0.3, -0.25) is 9.59 Å². The Balaban J connectivity index is 1.49. The maximum Gasteiger partial charge on any atom is 0.307 e. The van der Waals surface area contributed by atoms with Gasteiger partial charge >= 0.3 is 4.87 Å². The van der Waals surface area contributed by atoms with Crippen molar-refractivity contribution in [1.29, 1.82) is 0 Å². The van der Waals surface area contributed by atoms with E-state index in [0.29, 0.717) is 19.4 Å². The summed E-state index contributed by atoms with van der Waals surface area (Å²) in [6.07, 6.45) is 2.10. The first kappa shape index (κ1) is 17.7. The van der Waals surface area contributed by atoms with E-state index in [9.17, 15) is 9.59 Å². The Morgan fingerprint density at radius 3 is 2.85 bits per heavy atom. The molecule has 4 heterocycles. The number of rotatable bonds is 5. The number of nitrogens with zero attached hydrogens (tertiary/aromatic N) is 2. The van der Waals surface area contributed by atoms with Crippen molar-refractivity contribution >= 4 is 39.9 Å². The zero-order chi connectivity index (χ0) is 18.1. The normalized spacial score (nSPS) is 16.7. The van der Waals surface area contributed by atoms with Gasteiger partial charge in [0.15, 0.2) is 0 Å². The fourth-order valence-electron chi connectivity index (χ4n) is 3.55. The topological polar surface area (TPSA) is 42.3 Å². The van der Waals surface area contributed by atoms with Gasteiger partial charge < -0.3 is 9.47 Å². The van der Waals surface area contributed by atoms with E-state index in [4.69, 9.17) is 0 Å². The van der Waals surface area contributed by atoms with Crippen LogP contribution >= 0.6 is 34.0 Å². The van der Waals surface area contributed by atoms with Gasteiger partial charge in [0.25, 0.3) is 0 Å². The van der Waals surface area contributed by atoms with Gasteiger partial charge in [-0.15, -0.1) is 22.7 Å². The fraction of sp³-hybridized carbons (Fsp3) is 0.368. The number of carbonyl (C=O) groups is 1. The highest BCUT2D eigenvalue weighted by atomic mass is 32.1. The molecule has 4 nitrogen and oxygen atoms in total. The standard InChI is InChI=1S/C19H20N2O2S3/c1-13-12-26-19(23)20(13)8-2-5-17(22)21-9-6-15-14(7-11-25-15)18(21)16-4-3-10-24-16/h3-4,7,10-12,18H,2,5-6,8-9H2,1H3/t18-/m1/s1. The van der Waals surface area contributed by atoms with Crippen LogP contribution < -0.4 is 4.87 Å². The molecule has 0 unspecified atom stereocenters. The van der Waals surface area contributed by atoms with E-state index in [2.05, 4.69) is 29.0 Å². The molecule has 136 valence electrons. The lowest BCUT2D eigenvalue weighted by Gasteiger charge is -2.35. The zero-order valence-electron chi connectivity index (χ0n) is 14.5. The number of carbonyl (C=O) groups excluding carboxylic acids is 1. The highest BCUT2D eigenvalue weighted by Gasteiger charge is 2.32. The number of fused-ring (bicyclic) bond motifs is 1. The number of hydrogen-bond acceptors (Lipinski definition) is 5. The number of thiazole rings is 1. The summed E-state index contributed by atoms with van der Waals surface area (Å²) >= 11 is 4.72. The highest BCUT2D eigenvalue weighted by molar-refractivity contribution is 7.10. The predicted octanol–water partition coefficient (Wildman–Crippen LogP) is 4.30.